The second-order valence-corrected chi connectivity index (χ2v) is 8.90. The first-order valence-electron chi connectivity index (χ1n) is 11.9. The number of carbonyl (C=O) groups excluding carboxylic acids is 1. The number of Topliss-reactive ketones (excluding diaryl/α,β-unsaturated/α-hetero) is 1. The molecule has 0 aliphatic carbocycles. The van der Waals surface area contributed by atoms with E-state index in [1.165, 1.54) is 0 Å². The first kappa shape index (κ1) is 23.5. The van der Waals surface area contributed by atoms with Crippen LogP contribution in [-0.2, 0) is 24.3 Å². The summed E-state index contributed by atoms with van der Waals surface area (Å²) in [5, 5.41) is 4.14. The van der Waals surface area contributed by atoms with Crippen molar-refractivity contribution in [2.24, 2.45) is 0 Å². The molecular weight excluding hydrogens is 456 g/mol. The molecule has 0 unspecified atom stereocenters. The molecular formula is C29H28N2O5. The average molecular weight is 485 g/mol. The number of hydrogen-bond acceptors (Lipinski definition) is 6. The highest BCUT2D eigenvalue weighted by atomic mass is 16.6. The summed E-state index contributed by atoms with van der Waals surface area (Å²) in [5.74, 6) is 1.88. The molecule has 1 aromatic heterocycles. The second kappa shape index (κ2) is 10.2. The second-order valence-electron chi connectivity index (χ2n) is 8.90. The Kier molecular flexibility index (Phi) is 6.62. The molecule has 5 rings (SSSR count). The predicted molar refractivity (Wildman–Crippen MR) is 139 cm³/mol. The van der Waals surface area contributed by atoms with E-state index >= 15 is 0 Å². The predicted octanol–water partition coefficient (Wildman–Crippen LogP) is 4.51. The fourth-order valence-corrected chi connectivity index (χ4v) is 4.33. The number of nitrogens with zero attached hydrogens (tertiary/aromatic N) is 1. The quantitative estimate of drug-likeness (QED) is 0.396. The van der Waals surface area contributed by atoms with E-state index in [9.17, 15) is 9.59 Å². The van der Waals surface area contributed by atoms with E-state index in [0.29, 0.717) is 42.3 Å². The van der Waals surface area contributed by atoms with E-state index in [0.717, 1.165) is 28.0 Å². The van der Waals surface area contributed by atoms with E-state index in [4.69, 9.17) is 14.2 Å². The molecule has 0 fully saturated rings. The minimum atomic E-state index is -0.207. The molecule has 0 amide bonds. The van der Waals surface area contributed by atoms with Crippen molar-refractivity contribution in [3.8, 4) is 17.2 Å². The van der Waals surface area contributed by atoms with Crippen LogP contribution in [0.15, 0.2) is 71.5 Å². The lowest BCUT2D eigenvalue weighted by Gasteiger charge is -2.21. The van der Waals surface area contributed by atoms with Gasteiger partial charge in [0.1, 0.15) is 19.0 Å². The number of hydrogen-bond donors (Lipinski definition) is 1. The summed E-state index contributed by atoms with van der Waals surface area (Å²) in [6, 6.07) is 20.9. The smallest absolute Gasteiger partial charge is 0.256 e. The van der Waals surface area contributed by atoms with E-state index in [1.54, 1.807) is 17.7 Å². The monoisotopic (exact) mass is 484 g/mol. The Morgan fingerprint density at radius 1 is 0.972 bits per heavy atom. The maximum absolute atomic E-state index is 13.6. The van der Waals surface area contributed by atoms with Crippen molar-refractivity contribution in [2.75, 3.05) is 25.6 Å². The molecule has 1 aliphatic rings. The molecule has 0 bridgehead atoms. The number of methoxy groups -OCH3 is 1. The summed E-state index contributed by atoms with van der Waals surface area (Å²) in [6.45, 7) is 3.23. The molecule has 7 heteroatoms. The summed E-state index contributed by atoms with van der Waals surface area (Å²) >= 11 is 0. The van der Waals surface area contributed by atoms with Crippen LogP contribution in [0.1, 0.15) is 16.7 Å². The van der Waals surface area contributed by atoms with Crippen LogP contribution in [0.4, 0.5) is 5.69 Å². The molecule has 7 nitrogen and oxygen atoms in total. The number of benzene rings is 3. The maximum Gasteiger partial charge on any atom is 0.256 e. The molecule has 0 saturated heterocycles. The lowest BCUT2D eigenvalue weighted by molar-refractivity contribution is -0.119. The average Bonchev–Trinajstić information content (AvgIpc) is 2.90. The largest absolute Gasteiger partial charge is 0.497 e. The van der Waals surface area contributed by atoms with Gasteiger partial charge in [0.2, 0.25) is 0 Å². The normalized spacial score (nSPS) is 12.4. The Hall–Kier alpha value is -4.26. The zero-order valence-corrected chi connectivity index (χ0v) is 20.4. The first-order chi connectivity index (χ1) is 17.5. The highest BCUT2D eigenvalue weighted by molar-refractivity contribution is 5.87. The van der Waals surface area contributed by atoms with Gasteiger partial charge in [-0.05, 0) is 48.9 Å². The van der Waals surface area contributed by atoms with Gasteiger partial charge in [0.05, 0.1) is 19.2 Å². The van der Waals surface area contributed by atoms with Crippen LogP contribution >= 0.6 is 0 Å². The maximum atomic E-state index is 13.6. The summed E-state index contributed by atoms with van der Waals surface area (Å²) < 4.78 is 18.2. The van der Waals surface area contributed by atoms with Gasteiger partial charge in [-0.15, -0.1) is 0 Å². The first-order valence-corrected chi connectivity index (χ1v) is 11.9. The van der Waals surface area contributed by atoms with Crippen LogP contribution < -0.4 is 25.1 Å². The number of ether oxygens (including phenoxy) is 3. The van der Waals surface area contributed by atoms with Crippen molar-refractivity contribution in [3.63, 3.8) is 0 Å². The van der Waals surface area contributed by atoms with Crippen LogP contribution in [0.25, 0.3) is 10.9 Å². The molecule has 184 valence electrons. The van der Waals surface area contributed by atoms with Crippen molar-refractivity contribution in [1.82, 2.24) is 4.57 Å². The third kappa shape index (κ3) is 5.05. The number of fused-ring (bicyclic) bond motifs is 2. The fourth-order valence-electron chi connectivity index (χ4n) is 4.33. The minimum absolute atomic E-state index is 0.0423. The van der Waals surface area contributed by atoms with Crippen molar-refractivity contribution in [1.29, 1.82) is 0 Å². The Morgan fingerprint density at radius 2 is 1.67 bits per heavy atom. The number of anilines is 1. The van der Waals surface area contributed by atoms with Gasteiger partial charge in [-0.25, -0.2) is 0 Å². The van der Waals surface area contributed by atoms with Gasteiger partial charge in [-0.3, -0.25) is 9.59 Å². The zero-order chi connectivity index (χ0) is 25.1. The molecule has 0 saturated carbocycles. The van der Waals surface area contributed by atoms with Crippen LogP contribution in [0.5, 0.6) is 17.2 Å². The number of nitrogens with one attached hydrogen (secondary N) is 1. The topological polar surface area (TPSA) is 78.8 Å². The van der Waals surface area contributed by atoms with Crippen LogP contribution in [0.3, 0.4) is 0 Å². The van der Waals surface area contributed by atoms with Crippen LogP contribution in [-0.4, -0.2) is 30.7 Å². The number of ketones is 1. The zero-order valence-electron chi connectivity index (χ0n) is 20.4. The Morgan fingerprint density at radius 3 is 2.36 bits per heavy atom. The van der Waals surface area contributed by atoms with E-state index < -0.39 is 0 Å². The molecule has 0 radical (unpaired) electrons. The summed E-state index contributed by atoms with van der Waals surface area (Å²) in [5.41, 5.74) is 3.95. The fraction of sp³-hybridized carbons (Fsp3) is 0.241. The minimum Gasteiger partial charge on any atom is -0.497 e. The van der Waals surface area contributed by atoms with Gasteiger partial charge in [-0.2, -0.15) is 0 Å². The van der Waals surface area contributed by atoms with Crippen LogP contribution in [0, 0.1) is 6.92 Å². The van der Waals surface area contributed by atoms with Crippen molar-refractivity contribution in [3.05, 3.63) is 93.8 Å². The number of aryl methyl sites for hydroxylation is 1. The number of rotatable bonds is 8. The van der Waals surface area contributed by atoms with Crippen molar-refractivity contribution >= 4 is 22.4 Å². The molecule has 0 atom stereocenters. The Labute approximate surface area is 209 Å². The SMILES string of the molecule is COc1ccc(CC(=O)Cn2c(=O)c(CNc3ccc(C)cc3)cc3cc4c(cc32)OCCO4)cc1. The molecule has 0 spiro atoms. The molecule has 2 heterocycles. The van der Waals surface area contributed by atoms with E-state index in [2.05, 4.69) is 5.32 Å². The summed E-state index contributed by atoms with van der Waals surface area (Å²) in [6.07, 6.45) is 0.217. The molecule has 1 N–H and O–H groups in total. The number of pyridine rings is 1. The Bertz CT molecular complexity index is 1460. The Balaban J connectivity index is 1.48. The van der Waals surface area contributed by atoms with Gasteiger partial charge in [0.15, 0.2) is 17.3 Å². The lowest BCUT2D eigenvalue weighted by Crippen LogP contribution is -2.29. The van der Waals surface area contributed by atoms with Crippen molar-refractivity contribution in [2.45, 2.75) is 26.4 Å². The van der Waals surface area contributed by atoms with Gasteiger partial charge in [0, 0.05) is 35.7 Å². The molecule has 1 aliphatic heterocycles. The van der Waals surface area contributed by atoms with Gasteiger partial charge < -0.3 is 24.1 Å². The van der Waals surface area contributed by atoms with E-state index in [-0.39, 0.29) is 24.3 Å². The van der Waals surface area contributed by atoms with Crippen LogP contribution in [0.2, 0.25) is 0 Å². The highest BCUT2D eigenvalue weighted by Crippen LogP contribution is 2.34. The van der Waals surface area contributed by atoms with Gasteiger partial charge >= 0.3 is 0 Å². The number of carbonyl (C=O) groups is 1. The summed E-state index contributed by atoms with van der Waals surface area (Å²) in [4.78, 5) is 26.7. The summed E-state index contributed by atoms with van der Waals surface area (Å²) in [7, 11) is 1.60. The molecule has 4 aromatic rings. The standard InChI is InChI=1S/C29H28N2O5/c1-19-3-7-23(8-4-19)30-17-22-14-21-15-27-28(36-12-11-35-27)16-26(21)31(29(22)33)18-24(32)13-20-5-9-25(34-2)10-6-20/h3-10,14-16,30H,11-13,17-18H2,1-2H3. The third-order valence-electron chi connectivity index (χ3n) is 6.26. The van der Waals surface area contributed by atoms with Gasteiger partial charge in [0.25, 0.3) is 5.56 Å². The molecule has 36 heavy (non-hydrogen) atoms. The number of aromatic nitrogens is 1. The van der Waals surface area contributed by atoms with E-state index in [1.807, 2.05) is 67.6 Å². The van der Waals surface area contributed by atoms with Crippen molar-refractivity contribution < 1.29 is 19.0 Å². The highest BCUT2D eigenvalue weighted by Gasteiger charge is 2.18. The lowest BCUT2D eigenvalue weighted by atomic mass is 10.1. The molecule has 3 aromatic carbocycles. The third-order valence-corrected chi connectivity index (χ3v) is 6.26. The van der Waals surface area contributed by atoms with Gasteiger partial charge in [-0.1, -0.05) is 29.8 Å².